The number of amides is 1. The van der Waals surface area contributed by atoms with E-state index in [4.69, 9.17) is 14.2 Å². The van der Waals surface area contributed by atoms with E-state index in [0.717, 1.165) is 61.6 Å². The molecule has 0 spiro atoms. The number of hydrogen-bond acceptors (Lipinski definition) is 7. The molecule has 1 saturated carbocycles. The molecule has 0 aromatic carbocycles. The molecule has 27 heavy (non-hydrogen) atoms. The van der Waals surface area contributed by atoms with Gasteiger partial charge in [0, 0.05) is 49.3 Å². The van der Waals surface area contributed by atoms with E-state index in [0.29, 0.717) is 31.4 Å². The average Bonchev–Trinajstić information content (AvgIpc) is 3.44. The summed E-state index contributed by atoms with van der Waals surface area (Å²) < 4.78 is 10.7. The summed E-state index contributed by atoms with van der Waals surface area (Å²) in [6.07, 6.45) is 6.87. The minimum Gasteiger partial charge on any atom is -0.376 e. The number of carbonyl (C=O) groups excluding carboxylic acids is 1. The molecular weight excluding hydrogens is 346 g/mol. The van der Waals surface area contributed by atoms with Crippen LogP contribution in [0.1, 0.15) is 59.1 Å². The summed E-state index contributed by atoms with van der Waals surface area (Å²) in [5.74, 6) is 1.86. The molecule has 1 amide bonds. The summed E-state index contributed by atoms with van der Waals surface area (Å²) in [5.41, 5.74) is 2.52. The van der Waals surface area contributed by atoms with Crippen molar-refractivity contribution in [1.29, 1.82) is 0 Å². The lowest BCUT2D eigenvalue weighted by Gasteiger charge is -2.33. The summed E-state index contributed by atoms with van der Waals surface area (Å²) in [6, 6.07) is 1.83. The molecule has 0 radical (unpaired) electrons. The third-order valence-corrected chi connectivity index (χ3v) is 5.46. The number of rotatable bonds is 4. The number of nitrogens with one attached hydrogen (secondary N) is 1. The predicted octanol–water partition coefficient (Wildman–Crippen LogP) is 1.81. The molecule has 1 atom stereocenters. The lowest BCUT2D eigenvalue weighted by atomic mass is 10.1. The van der Waals surface area contributed by atoms with Gasteiger partial charge in [0.25, 0.3) is 5.91 Å². The van der Waals surface area contributed by atoms with E-state index in [-0.39, 0.29) is 11.9 Å². The highest BCUT2D eigenvalue weighted by molar-refractivity contribution is 5.92. The van der Waals surface area contributed by atoms with Crippen molar-refractivity contribution in [2.75, 3.05) is 24.6 Å². The Hall–Kier alpha value is -2.48. The molecule has 1 aliphatic carbocycles. The van der Waals surface area contributed by atoms with Gasteiger partial charge in [0.2, 0.25) is 5.95 Å². The summed E-state index contributed by atoms with van der Waals surface area (Å²) in [7, 11) is 0. The van der Waals surface area contributed by atoms with Gasteiger partial charge < -0.3 is 19.5 Å². The van der Waals surface area contributed by atoms with Gasteiger partial charge in [-0.3, -0.25) is 4.79 Å². The molecule has 1 saturated heterocycles. The van der Waals surface area contributed by atoms with Crippen molar-refractivity contribution in [2.45, 2.75) is 50.7 Å². The van der Waals surface area contributed by atoms with Crippen LogP contribution in [0.15, 0.2) is 16.8 Å². The molecule has 0 unspecified atom stereocenters. The first-order chi connectivity index (χ1) is 13.3. The molecule has 0 bridgehead atoms. The first kappa shape index (κ1) is 16.7. The number of carbonyl (C=O) groups is 1. The van der Waals surface area contributed by atoms with Gasteiger partial charge in [-0.2, -0.15) is 0 Å². The lowest BCUT2D eigenvalue weighted by molar-refractivity contribution is 0.0923. The molecule has 8 heteroatoms. The van der Waals surface area contributed by atoms with Crippen LogP contribution in [0.25, 0.3) is 0 Å². The number of piperidine rings is 1. The highest BCUT2D eigenvalue weighted by Crippen LogP contribution is 2.40. The molecule has 2 aliphatic heterocycles. The molecule has 8 nitrogen and oxygen atoms in total. The highest BCUT2D eigenvalue weighted by atomic mass is 16.5. The van der Waals surface area contributed by atoms with E-state index >= 15 is 0 Å². The zero-order chi connectivity index (χ0) is 18.2. The lowest BCUT2D eigenvalue weighted by Crippen LogP contribution is -2.48. The largest absolute Gasteiger partial charge is 0.376 e. The molecular formula is C19H23N5O3. The predicted molar refractivity (Wildman–Crippen MR) is 96.6 cm³/mol. The van der Waals surface area contributed by atoms with Gasteiger partial charge in [0.1, 0.15) is 5.76 Å². The first-order valence-corrected chi connectivity index (χ1v) is 9.71. The van der Waals surface area contributed by atoms with Gasteiger partial charge in [0.05, 0.1) is 18.9 Å². The summed E-state index contributed by atoms with van der Waals surface area (Å²) in [6.45, 7) is 2.91. The quantitative estimate of drug-likeness (QED) is 0.878. The van der Waals surface area contributed by atoms with E-state index in [1.54, 1.807) is 6.07 Å². The van der Waals surface area contributed by atoms with Crippen molar-refractivity contribution in [3.8, 4) is 0 Å². The minimum absolute atomic E-state index is 0.0512. The molecule has 2 aromatic rings. The van der Waals surface area contributed by atoms with Crippen LogP contribution in [0, 0.1) is 0 Å². The Kier molecular flexibility index (Phi) is 4.27. The van der Waals surface area contributed by atoms with Crippen LogP contribution in [-0.2, 0) is 17.8 Å². The second-order valence-electron chi connectivity index (χ2n) is 7.59. The zero-order valence-corrected chi connectivity index (χ0v) is 15.2. The topological polar surface area (TPSA) is 93.4 Å². The number of ether oxygens (including phenoxy) is 1. The SMILES string of the molecule is O=C(N[C@@H]1CCCN(c2ncc3c(n2)CCOC3)C1)c1cc(C2CC2)on1. The Morgan fingerprint density at radius 1 is 1.30 bits per heavy atom. The second-order valence-corrected chi connectivity index (χ2v) is 7.59. The van der Waals surface area contributed by atoms with Crippen molar-refractivity contribution < 1.29 is 14.1 Å². The monoisotopic (exact) mass is 369 g/mol. The maximum atomic E-state index is 12.5. The number of aromatic nitrogens is 3. The van der Waals surface area contributed by atoms with Crippen LogP contribution in [-0.4, -0.2) is 46.8 Å². The van der Waals surface area contributed by atoms with Gasteiger partial charge in [-0.1, -0.05) is 5.16 Å². The average molecular weight is 369 g/mol. The minimum atomic E-state index is -0.166. The number of hydrogen-bond donors (Lipinski definition) is 1. The van der Waals surface area contributed by atoms with Gasteiger partial charge in [-0.15, -0.1) is 0 Å². The Morgan fingerprint density at radius 2 is 2.22 bits per heavy atom. The first-order valence-electron chi connectivity index (χ1n) is 9.71. The van der Waals surface area contributed by atoms with Gasteiger partial charge in [0.15, 0.2) is 5.69 Å². The van der Waals surface area contributed by atoms with E-state index in [2.05, 4.69) is 20.4 Å². The van der Waals surface area contributed by atoms with Crippen molar-refractivity contribution in [3.63, 3.8) is 0 Å². The number of nitrogens with zero attached hydrogens (tertiary/aromatic N) is 4. The molecule has 3 aliphatic rings. The van der Waals surface area contributed by atoms with Crippen LogP contribution in [0.3, 0.4) is 0 Å². The molecule has 1 N–H and O–H groups in total. The zero-order valence-electron chi connectivity index (χ0n) is 15.2. The van der Waals surface area contributed by atoms with Crippen LogP contribution >= 0.6 is 0 Å². The van der Waals surface area contributed by atoms with Crippen molar-refractivity contribution in [1.82, 2.24) is 20.4 Å². The normalized spacial score (nSPS) is 22.4. The van der Waals surface area contributed by atoms with Crippen LogP contribution < -0.4 is 10.2 Å². The molecule has 2 fully saturated rings. The van der Waals surface area contributed by atoms with Crippen molar-refractivity contribution in [3.05, 3.63) is 35.0 Å². The third kappa shape index (κ3) is 3.53. The van der Waals surface area contributed by atoms with Crippen LogP contribution in [0.4, 0.5) is 5.95 Å². The van der Waals surface area contributed by atoms with Crippen LogP contribution in [0.5, 0.6) is 0 Å². The maximum Gasteiger partial charge on any atom is 0.273 e. The summed E-state index contributed by atoms with van der Waals surface area (Å²) >= 11 is 0. The van der Waals surface area contributed by atoms with E-state index in [9.17, 15) is 4.79 Å². The molecule has 5 rings (SSSR count). The smallest absolute Gasteiger partial charge is 0.273 e. The van der Waals surface area contributed by atoms with Gasteiger partial charge >= 0.3 is 0 Å². The Labute approximate surface area is 157 Å². The second kappa shape index (κ2) is 6.92. The van der Waals surface area contributed by atoms with Crippen LogP contribution in [0.2, 0.25) is 0 Å². The van der Waals surface area contributed by atoms with Crippen molar-refractivity contribution >= 4 is 11.9 Å². The van der Waals surface area contributed by atoms with E-state index in [1.807, 2.05) is 6.20 Å². The fraction of sp³-hybridized carbons (Fsp3) is 0.579. The van der Waals surface area contributed by atoms with E-state index < -0.39 is 0 Å². The third-order valence-electron chi connectivity index (χ3n) is 5.46. The maximum absolute atomic E-state index is 12.5. The summed E-state index contributed by atoms with van der Waals surface area (Å²) in [5, 5.41) is 7.02. The molecule has 2 aromatic heterocycles. The number of fused-ring (bicyclic) bond motifs is 1. The number of anilines is 1. The fourth-order valence-corrected chi connectivity index (χ4v) is 3.76. The molecule has 4 heterocycles. The highest BCUT2D eigenvalue weighted by Gasteiger charge is 2.30. The fourth-order valence-electron chi connectivity index (χ4n) is 3.76. The molecule has 142 valence electrons. The Balaban J connectivity index is 1.24. The van der Waals surface area contributed by atoms with Crippen molar-refractivity contribution in [2.24, 2.45) is 0 Å². The van der Waals surface area contributed by atoms with Gasteiger partial charge in [-0.25, -0.2) is 9.97 Å². The Bertz CT molecular complexity index is 848. The standard InChI is InChI=1S/C19H23N5O3/c25-18(16-8-17(27-23-16)12-3-4-12)21-14-2-1-6-24(10-14)19-20-9-13-11-26-7-5-15(13)22-19/h8-9,12,14H,1-7,10-11H2,(H,21,25)/t14-/m1/s1. The summed E-state index contributed by atoms with van der Waals surface area (Å²) in [4.78, 5) is 23.9. The van der Waals surface area contributed by atoms with Gasteiger partial charge in [-0.05, 0) is 25.7 Å². The Morgan fingerprint density at radius 3 is 3.11 bits per heavy atom. The van der Waals surface area contributed by atoms with E-state index in [1.165, 1.54) is 0 Å².